The van der Waals surface area contributed by atoms with Crippen molar-refractivity contribution in [1.82, 2.24) is 9.97 Å². The number of aromatic nitrogens is 2. The molecule has 0 saturated carbocycles. The molecule has 0 aliphatic heterocycles. The zero-order valence-corrected chi connectivity index (χ0v) is 14.4. The molecule has 1 aromatic heterocycles. The fourth-order valence-electron chi connectivity index (χ4n) is 2.11. The lowest BCUT2D eigenvalue weighted by molar-refractivity contribution is 0.181. The Morgan fingerprint density at radius 1 is 1.24 bits per heavy atom. The Labute approximate surface area is 134 Å². The molecule has 0 radical (unpaired) electrons. The van der Waals surface area contributed by atoms with Gasteiger partial charge in [0.1, 0.15) is 5.82 Å². The lowest BCUT2D eigenvalue weighted by Crippen LogP contribution is -2.07. The standard InChI is InChI=1S/C16H20BrN3O/c1-5-18-16-14(17)13(9-21-4)19-15(20-16)12-8-10(2)6-7-11(12)3/h6-8H,5,9H2,1-4H3,(H,18,19,20). The Morgan fingerprint density at radius 3 is 2.67 bits per heavy atom. The average Bonchev–Trinajstić information content (AvgIpc) is 2.46. The lowest BCUT2D eigenvalue weighted by atomic mass is 10.1. The number of aryl methyl sites for hydroxylation is 2. The van der Waals surface area contributed by atoms with Gasteiger partial charge >= 0.3 is 0 Å². The molecule has 0 atom stereocenters. The maximum absolute atomic E-state index is 5.24. The molecule has 0 unspecified atom stereocenters. The van der Waals surface area contributed by atoms with E-state index in [9.17, 15) is 0 Å². The van der Waals surface area contributed by atoms with Crippen molar-refractivity contribution in [3.63, 3.8) is 0 Å². The summed E-state index contributed by atoms with van der Waals surface area (Å²) in [5, 5.41) is 3.27. The summed E-state index contributed by atoms with van der Waals surface area (Å²) in [6, 6.07) is 6.31. The third-order valence-electron chi connectivity index (χ3n) is 3.18. The van der Waals surface area contributed by atoms with Gasteiger partial charge in [-0.15, -0.1) is 0 Å². The van der Waals surface area contributed by atoms with E-state index in [2.05, 4.69) is 63.3 Å². The van der Waals surface area contributed by atoms with Gasteiger partial charge in [-0.05, 0) is 48.3 Å². The minimum atomic E-state index is 0.444. The second-order valence-electron chi connectivity index (χ2n) is 4.94. The third-order valence-corrected chi connectivity index (χ3v) is 4.01. The topological polar surface area (TPSA) is 47.0 Å². The second kappa shape index (κ2) is 7.00. The summed E-state index contributed by atoms with van der Waals surface area (Å²) in [6.45, 7) is 7.43. The maximum Gasteiger partial charge on any atom is 0.162 e. The summed E-state index contributed by atoms with van der Waals surface area (Å²) in [5.74, 6) is 1.53. The zero-order valence-electron chi connectivity index (χ0n) is 12.8. The van der Waals surface area contributed by atoms with E-state index in [1.807, 2.05) is 6.92 Å². The van der Waals surface area contributed by atoms with Gasteiger partial charge < -0.3 is 10.1 Å². The predicted octanol–water partition coefficient (Wildman–Crippen LogP) is 4.10. The predicted molar refractivity (Wildman–Crippen MR) is 89.5 cm³/mol. The molecule has 1 N–H and O–H groups in total. The van der Waals surface area contributed by atoms with Gasteiger partial charge in [-0.25, -0.2) is 9.97 Å². The molecule has 0 aliphatic rings. The Morgan fingerprint density at radius 2 is 2.00 bits per heavy atom. The zero-order chi connectivity index (χ0) is 15.4. The minimum Gasteiger partial charge on any atom is -0.378 e. The minimum absolute atomic E-state index is 0.444. The molecule has 2 aromatic rings. The Kier molecular flexibility index (Phi) is 5.31. The largest absolute Gasteiger partial charge is 0.378 e. The summed E-state index contributed by atoms with van der Waals surface area (Å²) in [4.78, 5) is 9.31. The Balaban J connectivity index is 2.59. The van der Waals surface area contributed by atoms with Crippen LogP contribution in [0.2, 0.25) is 0 Å². The SMILES string of the molecule is CCNc1nc(-c2cc(C)ccc2C)nc(COC)c1Br. The van der Waals surface area contributed by atoms with Crippen LogP contribution in [0.3, 0.4) is 0 Å². The van der Waals surface area contributed by atoms with Gasteiger partial charge in [0.2, 0.25) is 0 Å². The Hall–Kier alpha value is -1.46. The van der Waals surface area contributed by atoms with Crippen LogP contribution in [-0.4, -0.2) is 23.6 Å². The molecule has 1 heterocycles. The first-order chi connectivity index (χ1) is 10.1. The molecule has 112 valence electrons. The van der Waals surface area contributed by atoms with Crippen molar-refractivity contribution in [3.8, 4) is 11.4 Å². The van der Waals surface area contributed by atoms with E-state index in [1.54, 1.807) is 7.11 Å². The number of nitrogens with zero attached hydrogens (tertiary/aromatic N) is 2. The summed E-state index contributed by atoms with van der Waals surface area (Å²) in [5.41, 5.74) is 4.26. The van der Waals surface area contributed by atoms with Crippen LogP contribution in [0.5, 0.6) is 0 Å². The van der Waals surface area contributed by atoms with Crippen LogP contribution >= 0.6 is 15.9 Å². The highest BCUT2D eigenvalue weighted by molar-refractivity contribution is 9.10. The summed E-state index contributed by atoms with van der Waals surface area (Å²) < 4.78 is 6.10. The van der Waals surface area contributed by atoms with Crippen LogP contribution in [0, 0.1) is 13.8 Å². The molecule has 0 saturated heterocycles. The van der Waals surface area contributed by atoms with Crippen molar-refractivity contribution in [3.05, 3.63) is 39.5 Å². The molecule has 0 spiro atoms. The molecule has 2 rings (SSSR count). The molecule has 0 aliphatic carbocycles. The maximum atomic E-state index is 5.24. The van der Waals surface area contributed by atoms with Crippen molar-refractivity contribution in [1.29, 1.82) is 0 Å². The first kappa shape index (κ1) is 15.9. The monoisotopic (exact) mass is 349 g/mol. The van der Waals surface area contributed by atoms with Crippen molar-refractivity contribution in [2.24, 2.45) is 0 Å². The van der Waals surface area contributed by atoms with Gasteiger partial charge in [0.05, 0.1) is 16.8 Å². The van der Waals surface area contributed by atoms with E-state index in [1.165, 1.54) is 5.56 Å². The number of halogens is 1. The van der Waals surface area contributed by atoms with Crippen molar-refractivity contribution in [2.75, 3.05) is 19.0 Å². The summed E-state index contributed by atoms with van der Waals surface area (Å²) in [6.07, 6.45) is 0. The highest BCUT2D eigenvalue weighted by Crippen LogP contribution is 2.29. The lowest BCUT2D eigenvalue weighted by Gasteiger charge is -2.13. The Bertz CT molecular complexity index is 616. The van der Waals surface area contributed by atoms with E-state index < -0.39 is 0 Å². The number of anilines is 1. The molecule has 4 nitrogen and oxygen atoms in total. The van der Waals surface area contributed by atoms with Crippen LogP contribution < -0.4 is 5.32 Å². The highest BCUT2D eigenvalue weighted by atomic mass is 79.9. The first-order valence-corrected chi connectivity index (χ1v) is 7.73. The van der Waals surface area contributed by atoms with E-state index >= 15 is 0 Å². The van der Waals surface area contributed by atoms with Crippen LogP contribution in [0.4, 0.5) is 5.82 Å². The van der Waals surface area contributed by atoms with E-state index in [0.29, 0.717) is 6.61 Å². The molecule has 0 amide bonds. The van der Waals surface area contributed by atoms with Gasteiger partial charge in [-0.3, -0.25) is 0 Å². The van der Waals surface area contributed by atoms with Crippen molar-refractivity contribution in [2.45, 2.75) is 27.4 Å². The number of hydrogen-bond donors (Lipinski definition) is 1. The third kappa shape index (κ3) is 3.60. The number of nitrogens with one attached hydrogen (secondary N) is 1. The van der Waals surface area contributed by atoms with E-state index in [4.69, 9.17) is 4.74 Å². The van der Waals surface area contributed by atoms with Gasteiger partial charge in [-0.1, -0.05) is 17.7 Å². The van der Waals surface area contributed by atoms with E-state index in [-0.39, 0.29) is 0 Å². The van der Waals surface area contributed by atoms with Crippen LogP contribution in [-0.2, 0) is 11.3 Å². The number of hydrogen-bond acceptors (Lipinski definition) is 4. The number of methoxy groups -OCH3 is 1. The van der Waals surface area contributed by atoms with Crippen LogP contribution in [0.15, 0.2) is 22.7 Å². The summed E-state index contributed by atoms with van der Waals surface area (Å²) >= 11 is 3.56. The summed E-state index contributed by atoms with van der Waals surface area (Å²) in [7, 11) is 1.67. The fraction of sp³-hybridized carbons (Fsp3) is 0.375. The molecule has 0 bridgehead atoms. The molecular formula is C16H20BrN3O. The highest BCUT2D eigenvalue weighted by Gasteiger charge is 2.14. The fourth-order valence-corrected chi connectivity index (χ4v) is 2.54. The second-order valence-corrected chi connectivity index (χ2v) is 5.73. The van der Waals surface area contributed by atoms with Gasteiger partial charge in [-0.2, -0.15) is 0 Å². The van der Waals surface area contributed by atoms with Crippen LogP contribution in [0.1, 0.15) is 23.7 Å². The first-order valence-electron chi connectivity index (χ1n) is 6.93. The molecule has 21 heavy (non-hydrogen) atoms. The number of rotatable bonds is 5. The van der Waals surface area contributed by atoms with Gasteiger partial charge in [0, 0.05) is 19.2 Å². The smallest absolute Gasteiger partial charge is 0.162 e. The van der Waals surface area contributed by atoms with Crippen LogP contribution in [0.25, 0.3) is 11.4 Å². The van der Waals surface area contributed by atoms with Crippen molar-refractivity contribution >= 4 is 21.7 Å². The van der Waals surface area contributed by atoms with E-state index in [0.717, 1.165) is 39.5 Å². The molecule has 1 aromatic carbocycles. The average molecular weight is 350 g/mol. The van der Waals surface area contributed by atoms with Crippen molar-refractivity contribution < 1.29 is 4.74 Å². The molecule has 5 heteroatoms. The van der Waals surface area contributed by atoms with Gasteiger partial charge in [0.25, 0.3) is 0 Å². The normalized spacial score (nSPS) is 10.7. The number of ether oxygens (including phenoxy) is 1. The van der Waals surface area contributed by atoms with Gasteiger partial charge in [0.15, 0.2) is 5.82 Å². The number of benzene rings is 1. The molecule has 0 fully saturated rings. The quantitative estimate of drug-likeness (QED) is 0.882. The molecular weight excluding hydrogens is 330 g/mol.